The molecule has 0 aliphatic carbocycles. The normalized spacial score (nSPS) is 19.1. The topological polar surface area (TPSA) is 53.0 Å². The second-order valence-electron chi connectivity index (χ2n) is 7.93. The minimum atomic E-state index is -3.67. The molecule has 2 aromatic rings. The highest BCUT2D eigenvalue weighted by Crippen LogP contribution is 2.34. The van der Waals surface area contributed by atoms with E-state index in [1.165, 1.54) is 11.3 Å². The predicted molar refractivity (Wildman–Crippen MR) is 120 cm³/mol. The van der Waals surface area contributed by atoms with Crippen molar-refractivity contribution < 1.29 is 8.42 Å². The quantitative estimate of drug-likeness (QED) is 0.766. The van der Waals surface area contributed by atoms with E-state index >= 15 is 0 Å². The first-order chi connectivity index (χ1) is 13.9. The minimum absolute atomic E-state index is 0.341. The van der Waals surface area contributed by atoms with E-state index in [2.05, 4.69) is 40.2 Å². The fourth-order valence-corrected chi connectivity index (χ4v) is 5.50. The van der Waals surface area contributed by atoms with Crippen molar-refractivity contribution in [3.63, 3.8) is 0 Å². The number of nitrogens with zero attached hydrogens (tertiary/aromatic N) is 3. The number of para-hydroxylation sites is 1. The van der Waals surface area contributed by atoms with Crippen molar-refractivity contribution in [2.24, 2.45) is 4.40 Å². The SMILES string of the molecule is CC1=C(c2ccc(C(C)C)cc2)S(=O)(=O)N=C1N1CCN(c2ccccc2)CC1. The zero-order valence-electron chi connectivity index (χ0n) is 17.2. The van der Waals surface area contributed by atoms with E-state index in [4.69, 9.17) is 0 Å². The third kappa shape index (κ3) is 3.81. The van der Waals surface area contributed by atoms with Gasteiger partial charge in [0.2, 0.25) is 0 Å². The summed E-state index contributed by atoms with van der Waals surface area (Å²) in [6.45, 7) is 9.31. The Hall–Kier alpha value is -2.60. The van der Waals surface area contributed by atoms with E-state index in [1.807, 2.05) is 49.4 Å². The number of rotatable bonds is 3. The summed E-state index contributed by atoms with van der Waals surface area (Å²) >= 11 is 0. The van der Waals surface area contributed by atoms with Crippen molar-refractivity contribution >= 4 is 26.5 Å². The molecular formula is C23H27N3O2S. The molecule has 6 heteroatoms. The molecule has 1 fully saturated rings. The van der Waals surface area contributed by atoms with Crippen LogP contribution in [0.2, 0.25) is 0 Å². The number of hydrogen-bond donors (Lipinski definition) is 0. The lowest BCUT2D eigenvalue weighted by Crippen LogP contribution is -2.48. The van der Waals surface area contributed by atoms with Crippen LogP contribution in [0.5, 0.6) is 0 Å². The third-order valence-corrected chi connectivity index (χ3v) is 7.15. The summed E-state index contributed by atoms with van der Waals surface area (Å²) in [5.41, 5.74) is 3.86. The van der Waals surface area contributed by atoms with Gasteiger partial charge in [-0.15, -0.1) is 4.40 Å². The average Bonchev–Trinajstić information content (AvgIpc) is 2.97. The molecule has 5 nitrogen and oxygen atoms in total. The molecule has 0 spiro atoms. The summed E-state index contributed by atoms with van der Waals surface area (Å²) in [4.78, 5) is 4.76. The first-order valence-electron chi connectivity index (χ1n) is 10.1. The molecule has 29 heavy (non-hydrogen) atoms. The lowest BCUT2D eigenvalue weighted by Gasteiger charge is -2.37. The van der Waals surface area contributed by atoms with Crippen molar-refractivity contribution in [1.82, 2.24) is 4.90 Å². The molecule has 2 heterocycles. The molecule has 0 radical (unpaired) electrons. The Kier molecular flexibility index (Phi) is 5.21. The first-order valence-corrected chi connectivity index (χ1v) is 11.5. The highest BCUT2D eigenvalue weighted by atomic mass is 32.2. The van der Waals surface area contributed by atoms with E-state index in [-0.39, 0.29) is 0 Å². The van der Waals surface area contributed by atoms with Crippen LogP contribution in [0.4, 0.5) is 5.69 Å². The van der Waals surface area contributed by atoms with E-state index in [0.29, 0.717) is 22.2 Å². The number of benzene rings is 2. The molecule has 0 amide bonds. The smallest absolute Gasteiger partial charge is 0.285 e. The van der Waals surface area contributed by atoms with Crippen molar-refractivity contribution in [2.45, 2.75) is 26.7 Å². The van der Waals surface area contributed by atoms with Crippen LogP contribution in [0.3, 0.4) is 0 Å². The summed E-state index contributed by atoms with van der Waals surface area (Å²) in [5.74, 6) is 1.01. The Bertz CT molecular complexity index is 1050. The molecule has 2 aromatic carbocycles. The van der Waals surface area contributed by atoms with Gasteiger partial charge in [-0.05, 0) is 36.1 Å². The molecule has 0 atom stereocenters. The van der Waals surface area contributed by atoms with Gasteiger partial charge in [-0.2, -0.15) is 8.42 Å². The Balaban J connectivity index is 1.56. The summed E-state index contributed by atoms with van der Waals surface area (Å²) in [6, 6.07) is 18.1. The molecule has 0 bridgehead atoms. The summed E-state index contributed by atoms with van der Waals surface area (Å²) < 4.78 is 29.9. The van der Waals surface area contributed by atoms with E-state index in [9.17, 15) is 8.42 Å². The maximum Gasteiger partial charge on any atom is 0.285 e. The molecule has 152 valence electrons. The zero-order valence-corrected chi connectivity index (χ0v) is 18.0. The molecular weight excluding hydrogens is 382 g/mol. The van der Waals surface area contributed by atoms with E-state index < -0.39 is 10.0 Å². The zero-order chi connectivity index (χ0) is 20.6. The summed E-state index contributed by atoms with van der Waals surface area (Å²) in [5, 5.41) is 0. The van der Waals surface area contributed by atoms with Gasteiger partial charge in [0.15, 0.2) is 0 Å². The molecule has 4 rings (SSSR count). The Morgan fingerprint density at radius 1 is 0.862 bits per heavy atom. The van der Waals surface area contributed by atoms with Crippen molar-refractivity contribution in [3.8, 4) is 0 Å². The number of piperazine rings is 1. The first kappa shape index (κ1) is 19.7. The Morgan fingerprint density at radius 2 is 1.45 bits per heavy atom. The maximum absolute atomic E-state index is 12.8. The monoisotopic (exact) mass is 409 g/mol. The molecule has 0 unspecified atom stereocenters. The standard InChI is InChI=1S/C23H27N3O2S/c1-17(2)19-9-11-20(12-10-19)22-18(3)23(24-29(22,27)28)26-15-13-25(14-16-26)21-7-5-4-6-8-21/h4-12,17H,13-16H2,1-3H3. The van der Waals surface area contributed by atoms with Gasteiger partial charge in [-0.1, -0.05) is 56.3 Å². The fourth-order valence-electron chi connectivity index (χ4n) is 4.02. The van der Waals surface area contributed by atoms with Crippen LogP contribution in [-0.2, 0) is 10.0 Å². The van der Waals surface area contributed by atoms with Gasteiger partial charge in [0.05, 0.1) is 0 Å². The van der Waals surface area contributed by atoms with Crippen LogP contribution >= 0.6 is 0 Å². The van der Waals surface area contributed by atoms with Gasteiger partial charge in [0.1, 0.15) is 10.7 Å². The molecule has 0 N–H and O–H groups in total. The van der Waals surface area contributed by atoms with Gasteiger partial charge >= 0.3 is 0 Å². The van der Waals surface area contributed by atoms with Crippen molar-refractivity contribution in [2.75, 3.05) is 31.1 Å². The van der Waals surface area contributed by atoms with Crippen LogP contribution in [0.1, 0.15) is 37.8 Å². The lowest BCUT2D eigenvalue weighted by molar-refractivity contribution is 0.387. The highest BCUT2D eigenvalue weighted by molar-refractivity contribution is 8.00. The molecule has 2 aliphatic heterocycles. The van der Waals surface area contributed by atoms with E-state index in [0.717, 1.165) is 31.8 Å². The van der Waals surface area contributed by atoms with Gasteiger partial charge in [0.25, 0.3) is 10.0 Å². The number of hydrogen-bond acceptors (Lipinski definition) is 4. The number of amidine groups is 1. The van der Waals surface area contributed by atoms with Crippen LogP contribution in [0.25, 0.3) is 4.91 Å². The molecule has 1 saturated heterocycles. The van der Waals surface area contributed by atoms with Gasteiger partial charge < -0.3 is 9.80 Å². The Morgan fingerprint density at radius 3 is 2.03 bits per heavy atom. The third-order valence-electron chi connectivity index (χ3n) is 5.68. The van der Waals surface area contributed by atoms with Gasteiger partial charge in [-0.25, -0.2) is 0 Å². The minimum Gasteiger partial charge on any atom is -0.368 e. The maximum atomic E-state index is 12.8. The second kappa shape index (κ2) is 7.67. The van der Waals surface area contributed by atoms with Crippen LogP contribution in [-0.4, -0.2) is 45.3 Å². The van der Waals surface area contributed by atoms with Crippen molar-refractivity contribution in [1.29, 1.82) is 0 Å². The molecule has 0 aromatic heterocycles. The van der Waals surface area contributed by atoms with Crippen LogP contribution in [0, 0.1) is 0 Å². The van der Waals surface area contributed by atoms with Crippen LogP contribution < -0.4 is 4.90 Å². The molecule has 2 aliphatic rings. The summed E-state index contributed by atoms with van der Waals surface area (Å²) in [6.07, 6.45) is 0. The van der Waals surface area contributed by atoms with E-state index in [1.54, 1.807) is 0 Å². The van der Waals surface area contributed by atoms with Gasteiger partial charge in [-0.3, -0.25) is 0 Å². The van der Waals surface area contributed by atoms with Crippen molar-refractivity contribution in [3.05, 3.63) is 71.3 Å². The predicted octanol–water partition coefficient (Wildman–Crippen LogP) is 4.11. The lowest BCUT2D eigenvalue weighted by atomic mass is 10.0. The summed E-state index contributed by atoms with van der Waals surface area (Å²) in [7, 11) is -3.67. The average molecular weight is 410 g/mol. The fraction of sp³-hybridized carbons (Fsp3) is 0.348. The van der Waals surface area contributed by atoms with Gasteiger partial charge in [0, 0.05) is 37.4 Å². The van der Waals surface area contributed by atoms with Crippen LogP contribution in [0.15, 0.2) is 64.6 Å². The number of sulfonamides is 1. The Labute approximate surface area is 173 Å². The second-order valence-corrected chi connectivity index (χ2v) is 9.47. The molecule has 0 saturated carbocycles. The highest BCUT2D eigenvalue weighted by Gasteiger charge is 2.34. The largest absolute Gasteiger partial charge is 0.368 e. The number of anilines is 1.